The van der Waals surface area contributed by atoms with Crippen LogP contribution in [0.5, 0.6) is 0 Å². The predicted octanol–water partition coefficient (Wildman–Crippen LogP) is 5.74. The van der Waals surface area contributed by atoms with Crippen LogP contribution in [0, 0.1) is 12.8 Å². The number of rotatable bonds is 5. The van der Waals surface area contributed by atoms with Gasteiger partial charge in [0, 0.05) is 42.2 Å². The van der Waals surface area contributed by atoms with Crippen LogP contribution < -0.4 is 10.6 Å². The van der Waals surface area contributed by atoms with E-state index in [9.17, 15) is 40.7 Å². The highest BCUT2D eigenvalue weighted by atomic mass is 19.4. The molecular formula is C29H31F6N3O3. The molecule has 12 heteroatoms. The maximum absolute atomic E-state index is 13.2. The van der Waals surface area contributed by atoms with Gasteiger partial charge in [0.15, 0.2) is 0 Å². The lowest BCUT2D eigenvalue weighted by Crippen LogP contribution is -2.55. The van der Waals surface area contributed by atoms with E-state index in [1.165, 1.54) is 4.90 Å². The minimum atomic E-state index is -5.06. The van der Waals surface area contributed by atoms with Crippen molar-refractivity contribution in [3.63, 3.8) is 0 Å². The van der Waals surface area contributed by atoms with Gasteiger partial charge in [-0.25, -0.2) is 0 Å². The Balaban J connectivity index is 1.37. The fraction of sp³-hybridized carbons (Fsp3) is 0.483. The van der Waals surface area contributed by atoms with Gasteiger partial charge in [-0.1, -0.05) is 31.0 Å². The maximum Gasteiger partial charge on any atom is 0.416 e. The molecule has 41 heavy (non-hydrogen) atoms. The van der Waals surface area contributed by atoms with E-state index in [0.29, 0.717) is 30.5 Å². The second-order valence-corrected chi connectivity index (χ2v) is 10.7. The number of benzene rings is 2. The van der Waals surface area contributed by atoms with E-state index in [2.05, 4.69) is 10.6 Å². The third-order valence-corrected chi connectivity index (χ3v) is 7.79. The molecule has 1 saturated heterocycles. The summed E-state index contributed by atoms with van der Waals surface area (Å²) in [6.45, 7) is 1.85. The number of hydrogen-bond donors (Lipinski definition) is 2. The number of alkyl halides is 6. The van der Waals surface area contributed by atoms with E-state index < -0.39 is 40.9 Å². The molecule has 6 nitrogen and oxygen atoms in total. The smallest absolute Gasteiger partial charge is 0.351 e. The quantitative estimate of drug-likeness (QED) is 0.441. The summed E-state index contributed by atoms with van der Waals surface area (Å²) in [4.78, 5) is 40.0. The molecule has 0 spiro atoms. The van der Waals surface area contributed by atoms with Crippen molar-refractivity contribution in [2.24, 2.45) is 5.92 Å². The molecule has 0 radical (unpaired) electrons. The lowest BCUT2D eigenvalue weighted by atomic mass is 9.88. The van der Waals surface area contributed by atoms with Gasteiger partial charge in [0.25, 0.3) is 11.8 Å². The Bertz CT molecular complexity index is 1250. The zero-order valence-electron chi connectivity index (χ0n) is 22.4. The molecule has 0 bridgehead atoms. The zero-order valence-corrected chi connectivity index (χ0v) is 22.4. The van der Waals surface area contributed by atoms with E-state index in [-0.39, 0.29) is 55.9 Å². The summed E-state index contributed by atoms with van der Waals surface area (Å²) in [6, 6.07) is 7.48. The van der Waals surface area contributed by atoms with Crippen molar-refractivity contribution in [1.29, 1.82) is 0 Å². The molecular weight excluding hydrogens is 552 g/mol. The van der Waals surface area contributed by atoms with Crippen molar-refractivity contribution < 1.29 is 40.7 Å². The van der Waals surface area contributed by atoms with Gasteiger partial charge in [0.1, 0.15) is 0 Å². The molecule has 1 heterocycles. The van der Waals surface area contributed by atoms with Crippen LogP contribution in [-0.2, 0) is 17.1 Å². The Morgan fingerprint density at radius 2 is 1.32 bits per heavy atom. The lowest BCUT2D eigenvalue weighted by Gasteiger charge is -2.36. The van der Waals surface area contributed by atoms with Gasteiger partial charge in [-0.3, -0.25) is 14.4 Å². The molecule has 4 rings (SSSR count). The van der Waals surface area contributed by atoms with E-state index >= 15 is 0 Å². The van der Waals surface area contributed by atoms with Gasteiger partial charge >= 0.3 is 12.4 Å². The molecule has 2 aromatic rings. The Labute approximate surface area is 233 Å². The number of amides is 3. The van der Waals surface area contributed by atoms with Gasteiger partial charge in [0.2, 0.25) is 5.91 Å². The van der Waals surface area contributed by atoms with Crippen LogP contribution in [0.1, 0.15) is 75.9 Å². The summed E-state index contributed by atoms with van der Waals surface area (Å²) >= 11 is 0. The van der Waals surface area contributed by atoms with Gasteiger partial charge in [-0.2, -0.15) is 26.3 Å². The first kappa shape index (κ1) is 30.4. The molecule has 2 aromatic carbocycles. The number of nitrogens with zero attached hydrogens (tertiary/aromatic N) is 1. The molecule has 1 aliphatic carbocycles. The fourth-order valence-corrected chi connectivity index (χ4v) is 5.46. The molecule has 2 fully saturated rings. The van der Waals surface area contributed by atoms with Crippen LogP contribution in [0.2, 0.25) is 0 Å². The number of carbonyl (C=O) groups excluding carboxylic acids is 3. The first-order valence-electron chi connectivity index (χ1n) is 13.5. The van der Waals surface area contributed by atoms with Crippen LogP contribution in [0.4, 0.5) is 26.3 Å². The summed E-state index contributed by atoms with van der Waals surface area (Å²) in [5.41, 5.74) is -2.42. The Kier molecular flexibility index (Phi) is 8.98. The normalized spacial score (nSPS) is 20.4. The molecule has 3 amide bonds. The van der Waals surface area contributed by atoms with Gasteiger partial charge in [-0.05, 0) is 62.4 Å². The fourth-order valence-electron chi connectivity index (χ4n) is 5.46. The topological polar surface area (TPSA) is 78.5 Å². The summed E-state index contributed by atoms with van der Waals surface area (Å²) in [6.07, 6.45) is -6.55. The van der Waals surface area contributed by atoms with E-state index in [4.69, 9.17) is 0 Å². The Morgan fingerprint density at radius 3 is 1.85 bits per heavy atom. The highest BCUT2D eigenvalue weighted by molar-refractivity contribution is 5.96. The number of aryl methyl sites for hydroxylation is 1. The number of nitrogens with one attached hydrogen (secondary N) is 2. The Hall–Kier alpha value is -3.57. The van der Waals surface area contributed by atoms with Crippen LogP contribution in [0.15, 0.2) is 42.5 Å². The molecule has 1 saturated carbocycles. The van der Waals surface area contributed by atoms with Crippen LogP contribution in [0.25, 0.3) is 0 Å². The molecule has 2 N–H and O–H groups in total. The Morgan fingerprint density at radius 1 is 0.780 bits per heavy atom. The third-order valence-electron chi connectivity index (χ3n) is 7.79. The van der Waals surface area contributed by atoms with Crippen LogP contribution >= 0.6 is 0 Å². The van der Waals surface area contributed by atoms with Crippen molar-refractivity contribution in [1.82, 2.24) is 15.5 Å². The van der Waals surface area contributed by atoms with Crippen LogP contribution in [-0.4, -0.2) is 47.8 Å². The standard InChI is InChI=1S/C29H31F6N3O3/c1-17-6-2-3-7-22(17)26(40)37-24-9-5-4-8-23(24)36-25(39)18-10-12-38(13-11-18)27(41)19-14-20(28(30,31)32)16-21(15-19)29(33,34)35/h2-3,6-7,14-16,18,23-24H,4-5,8-13H2,1H3,(H,36,39)(H,37,40)/t23?,24-/m1/s1. The first-order valence-corrected chi connectivity index (χ1v) is 13.5. The van der Waals surface area contributed by atoms with Crippen LogP contribution in [0.3, 0.4) is 0 Å². The first-order chi connectivity index (χ1) is 19.2. The summed E-state index contributed by atoms with van der Waals surface area (Å²) in [5, 5.41) is 6.06. The molecule has 2 atom stereocenters. The third kappa shape index (κ3) is 7.39. The number of halogens is 6. The van der Waals surface area contributed by atoms with Crippen molar-refractivity contribution in [2.75, 3.05) is 13.1 Å². The van der Waals surface area contributed by atoms with E-state index in [1.54, 1.807) is 12.1 Å². The molecule has 222 valence electrons. The highest BCUT2D eigenvalue weighted by Gasteiger charge is 2.39. The minimum absolute atomic E-state index is 0.00658. The van der Waals surface area contributed by atoms with Gasteiger partial charge in [-0.15, -0.1) is 0 Å². The second-order valence-electron chi connectivity index (χ2n) is 10.7. The van der Waals surface area contributed by atoms with Gasteiger partial charge < -0.3 is 15.5 Å². The monoisotopic (exact) mass is 583 g/mol. The summed E-state index contributed by atoms with van der Waals surface area (Å²) < 4.78 is 79.3. The number of piperidine rings is 1. The molecule has 1 unspecified atom stereocenters. The number of likely N-dealkylation sites (tertiary alicyclic amines) is 1. The summed E-state index contributed by atoms with van der Waals surface area (Å²) in [5.74, 6) is -1.91. The zero-order chi connectivity index (χ0) is 29.9. The number of hydrogen-bond acceptors (Lipinski definition) is 3. The van der Waals surface area contributed by atoms with E-state index in [1.807, 2.05) is 19.1 Å². The minimum Gasteiger partial charge on any atom is -0.351 e. The van der Waals surface area contributed by atoms with Crippen molar-refractivity contribution >= 4 is 17.7 Å². The van der Waals surface area contributed by atoms with Crippen molar-refractivity contribution in [3.8, 4) is 0 Å². The number of carbonyl (C=O) groups is 3. The molecule has 1 aliphatic heterocycles. The average molecular weight is 584 g/mol. The van der Waals surface area contributed by atoms with Crippen molar-refractivity contribution in [2.45, 2.75) is 69.9 Å². The van der Waals surface area contributed by atoms with E-state index in [0.717, 1.165) is 18.4 Å². The lowest BCUT2D eigenvalue weighted by molar-refractivity contribution is -0.143. The largest absolute Gasteiger partial charge is 0.416 e. The van der Waals surface area contributed by atoms with Gasteiger partial charge in [0.05, 0.1) is 11.1 Å². The maximum atomic E-state index is 13.2. The SMILES string of the molecule is Cc1ccccc1C(=O)N[C@@H]1CCCCC1NC(=O)C1CCN(C(=O)c2cc(C(F)(F)F)cc(C(F)(F)F)c2)CC1. The predicted molar refractivity (Wildman–Crippen MR) is 138 cm³/mol. The average Bonchev–Trinajstić information content (AvgIpc) is 2.92. The van der Waals surface area contributed by atoms with Crippen molar-refractivity contribution in [3.05, 3.63) is 70.3 Å². The second kappa shape index (κ2) is 12.1. The molecule has 2 aliphatic rings. The highest BCUT2D eigenvalue weighted by Crippen LogP contribution is 2.37. The summed E-state index contributed by atoms with van der Waals surface area (Å²) in [7, 11) is 0. The molecule has 0 aromatic heterocycles.